The number of nitrogens with zero attached hydrogens (tertiary/aromatic N) is 1. The SMILES string of the molecule is CCN(CC)c1ccc(NC(=O)CCNCCc2ccccc2F)cc1. The van der Waals surface area contributed by atoms with Crippen molar-refractivity contribution >= 4 is 17.3 Å². The zero-order valence-electron chi connectivity index (χ0n) is 15.6. The topological polar surface area (TPSA) is 44.4 Å². The first kappa shape index (κ1) is 19.9. The van der Waals surface area contributed by atoms with Crippen LogP contribution in [0.2, 0.25) is 0 Å². The fourth-order valence-corrected chi connectivity index (χ4v) is 2.82. The number of benzene rings is 2. The van der Waals surface area contributed by atoms with Gasteiger partial charge in [-0.05, 0) is 62.7 Å². The zero-order chi connectivity index (χ0) is 18.8. The van der Waals surface area contributed by atoms with Gasteiger partial charge < -0.3 is 15.5 Å². The number of amides is 1. The van der Waals surface area contributed by atoms with Crippen molar-refractivity contribution in [3.63, 3.8) is 0 Å². The smallest absolute Gasteiger partial charge is 0.225 e. The minimum Gasteiger partial charge on any atom is -0.372 e. The van der Waals surface area contributed by atoms with Gasteiger partial charge in [0.25, 0.3) is 0 Å². The summed E-state index contributed by atoms with van der Waals surface area (Å²) in [7, 11) is 0. The van der Waals surface area contributed by atoms with E-state index < -0.39 is 0 Å². The van der Waals surface area contributed by atoms with Crippen LogP contribution in [0.25, 0.3) is 0 Å². The molecule has 0 atom stereocenters. The Bertz CT molecular complexity index is 684. The normalized spacial score (nSPS) is 10.6. The lowest BCUT2D eigenvalue weighted by molar-refractivity contribution is -0.116. The molecule has 4 nitrogen and oxygen atoms in total. The van der Waals surface area contributed by atoms with Gasteiger partial charge in [0.1, 0.15) is 5.82 Å². The van der Waals surface area contributed by atoms with E-state index in [9.17, 15) is 9.18 Å². The Hall–Kier alpha value is -2.40. The molecule has 140 valence electrons. The number of hydrogen-bond donors (Lipinski definition) is 2. The van der Waals surface area contributed by atoms with Crippen LogP contribution in [0.3, 0.4) is 0 Å². The third kappa shape index (κ3) is 6.15. The number of nitrogens with one attached hydrogen (secondary N) is 2. The maximum Gasteiger partial charge on any atom is 0.225 e. The molecule has 2 N–H and O–H groups in total. The lowest BCUT2D eigenvalue weighted by Gasteiger charge is -2.21. The van der Waals surface area contributed by atoms with Gasteiger partial charge in [0.2, 0.25) is 5.91 Å². The van der Waals surface area contributed by atoms with Gasteiger partial charge in [-0.1, -0.05) is 18.2 Å². The molecule has 2 aromatic rings. The lowest BCUT2D eigenvalue weighted by atomic mass is 10.1. The number of carbonyl (C=O) groups excluding carboxylic acids is 1. The van der Waals surface area contributed by atoms with Gasteiger partial charge in [-0.25, -0.2) is 4.39 Å². The summed E-state index contributed by atoms with van der Waals surface area (Å²) in [4.78, 5) is 14.3. The van der Waals surface area contributed by atoms with Crippen LogP contribution in [0.5, 0.6) is 0 Å². The molecule has 0 aromatic heterocycles. The molecule has 0 fully saturated rings. The summed E-state index contributed by atoms with van der Waals surface area (Å²) in [5.41, 5.74) is 2.65. The van der Waals surface area contributed by atoms with Crippen LogP contribution >= 0.6 is 0 Å². The Morgan fingerprint density at radius 1 is 1.00 bits per heavy atom. The molecule has 0 saturated carbocycles. The van der Waals surface area contributed by atoms with Crippen molar-refractivity contribution in [2.75, 3.05) is 36.4 Å². The average Bonchev–Trinajstić information content (AvgIpc) is 2.65. The van der Waals surface area contributed by atoms with Crippen LogP contribution in [-0.4, -0.2) is 32.1 Å². The second-order valence-electron chi connectivity index (χ2n) is 6.11. The second kappa shape index (κ2) is 10.6. The Labute approximate surface area is 155 Å². The van der Waals surface area contributed by atoms with Crippen molar-refractivity contribution in [1.29, 1.82) is 0 Å². The highest BCUT2D eigenvalue weighted by Crippen LogP contribution is 2.17. The zero-order valence-corrected chi connectivity index (χ0v) is 15.6. The summed E-state index contributed by atoms with van der Waals surface area (Å²) >= 11 is 0. The van der Waals surface area contributed by atoms with E-state index in [1.54, 1.807) is 12.1 Å². The monoisotopic (exact) mass is 357 g/mol. The van der Waals surface area contributed by atoms with Crippen molar-refractivity contribution < 1.29 is 9.18 Å². The third-order valence-electron chi connectivity index (χ3n) is 4.34. The molecular formula is C21H28FN3O. The van der Waals surface area contributed by atoms with Gasteiger partial charge in [0, 0.05) is 37.4 Å². The molecule has 0 aliphatic heterocycles. The van der Waals surface area contributed by atoms with Crippen molar-refractivity contribution in [3.05, 3.63) is 59.9 Å². The van der Waals surface area contributed by atoms with E-state index in [4.69, 9.17) is 0 Å². The molecule has 0 aliphatic carbocycles. The maximum atomic E-state index is 13.5. The summed E-state index contributed by atoms with van der Waals surface area (Å²) in [6, 6.07) is 14.7. The number of hydrogen-bond acceptors (Lipinski definition) is 3. The second-order valence-corrected chi connectivity index (χ2v) is 6.11. The summed E-state index contributed by atoms with van der Waals surface area (Å²) in [5.74, 6) is -0.209. The first-order chi connectivity index (χ1) is 12.6. The quantitative estimate of drug-likeness (QED) is 0.635. The predicted octanol–water partition coefficient (Wildman–Crippen LogP) is 3.83. The fraction of sp³-hybridized carbons (Fsp3) is 0.381. The van der Waals surface area contributed by atoms with Crippen LogP contribution < -0.4 is 15.5 Å². The van der Waals surface area contributed by atoms with Crippen molar-refractivity contribution in [1.82, 2.24) is 5.32 Å². The number of halogens is 1. The molecule has 0 saturated heterocycles. The highest BCUT2D eigenvalue weighted by molar-refractivity contribution is 5.91. The van der Waals surface area contributed by atoms with Gasteiger partial charge in [-0.2, -0.15) is 0 Å². The highest BCUT2D eigenvalue weighted by Gasteiger charge is 2.05. The van der Waals surface area contributed by atoms with E-state index in [1.165, 1.54) is 6.07 Å². The molecule has 0 spiro atoms. The molecule has 1 amide bonds. The predicted molar refractivity (Wildman–Crippen MR) is 106 cm³/mol. The Morgan fingerprint density at radius 2 is 1.69 bits per heavy atom. The molecule has 0 radical (unpaired) electrons. The number of anilines is 2. The minimum atomic E-state index is -0.180. The molecule has 0 heterocycles. The first-order valence-corrected chi connectivity index (χ1v) is 9.23. The largest absolute Gasteiger partial charge is 0.372 e. The molecule has 2 rings (SSSR count). The van der Waals surface area contributed by atoms with E-state index in [2.05, 4.69) is 29.4 Å². The van der Waals surface area contributed by atoms with Crippen LogP contribution in [0.15, 0.2) is 48.5 Å². The average molecular weight is 357 g/mol. The van der Waals surface area contributed by atoms with E-state index in [1.807, 2.05) is 30.3 Å². The van der Waals surface area contributed by atoms with E-state index >= 15 is 0 Å². The first-order valence-electron chi connectivity index (χ1n) is 9.23. The summed E-state index contributed by atoms with van der Waals surface area (Å²) in [6.45, 7) is 7.38. The molecule has 0 unspecified atom stereocenters. The molecular weight excluding hydrogens is 329 g/mol. The summed E-state index contributed by atoms with van der Waals surface area (Å²) < 4.78 is 13.5. The van der Waals surface area contributed by atoms with Gasteiger partial charge >= 0.3 is 0 Å². The Morgan fingerprint density at radius 3 is 2.35 bits per heavy atom. The molecule has 0 aliphatic rings. The fourth-order valence-electron chi connectivity index (χ4n) is 2.82. The Balaban J connectivity index is 1.68. The van der Waals surface area contributed by atoms with Crippen LogP contribution in [0.4, 0.5) is 15.8 Å². The minimum absolute atomic E-state index is 0.0287. The van der Waals surface area contributed by atoms with Crippen molar-refractivity contribution in [3.8, 4) is 0 Å². The van der Waals surface area contributed by atoms with Crippen LogP contribution in [0.1, 0.15) is 25.8 Å². The Kier molecular flexibility index (Phi) is 8.09. The van der Waals surface area contributed by atoms with Gasteiger partial charge in [-0.3, -0.25) is 4.79 Å². The van der Waals surface area contributed by atoms with Gasteiger partial charge in [0.15, 0.2) is 0 Å². The van der Waals surface area contributed by atoms with Gasteiger partial charge in [-0.15, -0.1) is 0 Å². The van der Waals surface area contributed by atoms with Crippen LogP contribution in [0, 0.1) is 5.82 Å². The summed E-state index contributed by atoms with van der Waals surface area (Å²) in [5, 5.41) is 6.09. The van der Waals surface area contributed by atoms with Crippen molar-refractivity contribution in [2.24, 2.45) is 0 Å². The molecule has 26 heavy (non-hydrogen) atoms. The third-order valence-corrected chi connectivity index (χ3v) is 4.34. The van der Waals surface area contributed by atoms with Crippen LogP contribution in [-0.2, 0) is 11.2 Å². The van der Waals surface area contributed by atoms with Gasteiger partial charge in [0.05, 0.1) is 0 Å². The highest BCUT2D eigenvalue weighted by atomic mass is 19.1. The van der Waals surface area contributed by atoms with E-state index in [0.717, 1.165) is 24.5 Å². The number of rotatable bonds is 10. The maximum absolute atomic E-state index is 13.5. The van der Waals surface area contributed by atoms with Crippen molar-refractivity contribution in [2.45, 2.75) is 26.7 Å². The van der Waals surface area contributed by atoms with E-state index in [0.29, 0.717) is 31.5 Å². The summed E-state index contributed by atoms with van der Waals surface area (Å²) in [6.07, 6.45) is 0.996. The molecule has 0 bridgehead atoms. The molecule has 2 aromatic carbocycles. The lowest BCUT2D eigenvalue weighted by Crippen LogP contribution is -2.24. The van der Waals surface area contributed by atoms with E-state index in [-0.39, 0.29) is 11.7 Å². The number of carbonyl (C=O) groups is 1. The molecule has 5 heteroatoms. The standard InChI is InChI=1S/C21H28FN3O/c1-3-25(4-2)19-11-9-18(10-12-19)24-21(26)14-16-23-15-13-17-7-5-6-8-20(17)22/h5-12,23H,3-4,13-16H2,1-2H3,(H,24,26).